The molecule has 0 heterocycles. The monoisotopic (exact) mass is 438 g/mol. The third kappa shape index (κ3) is 6.19. The highest BCUT2D eigenvalue weighted by Gasteiger charge is 2.23. The number of benzene rings is 2. The zero-order valence-corrected chi connectivity index (χ0v) is 18.7. The second-order valence-corrected chi connectivity index (χ2v) is 9.56. The predicted octanol–water partition coefficient (Wildman–Crippen LogP) is 3.95. The van der Waals surface area contributed by atoms with Gasteiger partial charge in [-0.15, -0.1) is 0 Å². The summed E-state index contributed by atoms with van der Waals surface area (Å²) in [6.07, 6.45) is 0. The van der Waals surface area contributed by atoms with E-state index in [4.69, 9.17) is 16.3 Å². The average Bonchev–Trinajstić information content (AvgIpc) is 2.67. The molecule has 0 saturated heterocycles. The van der Waals surface area contributed by atoms with E-state index < -0.39 is 10.0 Å². The van der Waals surface area contributed by atoms with Gasteiger partial charge in [-0.05, 0) is 55.3 Å². The Morgan fingerprint density at radius 3 is 2.41 bits per heavy atom. The molecule has 2 aromatic carbocycles. The summed E-state index contributed by atoms with van der Waals surface area (Å²) in [6.45, 7) is 6.93. The van der Waals surface area contributed by atoms with Gasteiger partial charge < -0.3 is 10.1 Å². The van der Waals surface area contributed by atoms with Gasteiger partial charge in [-0.25, -0.2) is 8.42 Å². The fourth-order valence-electron chi connectivity index (χ4n) is 2.65. The summed E-state index contributed by atoms with van der Waals surface area (Å²) < 4.78 is 32.6. The highest BCUT2D eigenvalue weighted by molar-refractivity contribution is 7.89. The van der Waals surface area contributed by atoms with Crippen molar-refractivity contribution in [2.75, 3.05) is 20.2 Å². The first-order chi connectivity index (χ1) is 13.6. The molecule has 1 amide bonds. The average molecular weight is 439 g/mol. The van der Waals surface area contributed by atoms with Gasteiger partial charge in [0.1, 0.15) is 5.75 Å². The maximum atomic E-state index is 12.9. The van der Waals surface area contributed by atoms with E-state index in [1.807, 2.05) is 20.8 Å². The van der Waals surface area contributed by atoms with E-state index in [0.29, 0.717) is 41.0 Å². The van der Waals surface area contributed by atoms with E-state index in [1.54, 1.807) is 18.2 Å². The molecule has 2 aromatic rings. The van der Waals surface area contributed by atoms with Crippen molar-refractivity contribution in [1.29, 1.82) is 0 Å². The zero-order chi connectivity index (χ0) is 21.6. The minimum absolute atomic E-state index is 0.0611. The van der Waals surface area contributed by atoms with Gasteiger partial charge in [-0.2, -0.15) is 4.31 Å². The molecule has 0 fully saturated rings. The highest BCUT2D eigenvalue weighted by atomic mass is 35.5. The van der Waals surface area contributed by atoms with Gasteiger partial charge in [0.05, 0.1) is 11.5 Å². The van der Waals surface area contributed by atoms with Gasteiger partial charge in [0.2, 0.25) is 10.0 Å². The molecule has 0 spiro atoms. The molecule has 29 heavy (non-hydrogen) atoms. The molecular weight excluding hydrogens is 412 g/mol. The Kier molecular flexibility index (Phi) is 8.07. The number of halogens is 1. The quantitative estimate of drug-likeness (QED) is 0.643. The van der Waals surface area contributed by atoms with Crippen LogP contribution in [-0.2, 0) is 16.6 Å². The normalized spacial score (nSPS) is 11.7. The summed E-state index contributed by atoms with van der Waals surface area (Å²) in [5.74, 6) is 0.675. The SMILES string of the molecule is CCOc1ccc(C(=O)NCC(C)C)cc1CN(C)S(=O)(=O)c1ccc(Cl)cc1. The van der Waals surface area contributed by atoms with Crippen LogP contribution in [0.2, 0.25) is 5.02 Å². The lowest BCUT2D eigenvalue weighted by atomic mass is 10.1. The zero-order valence-electron chi connectivity index (χ0n) is 17.1. The maximum Gasteiger partial charge on any atom is 0.251 e. The molecule has 0 aromatic heterocycles. The number of hydrogen-bond acceptors (Lipinski definition) is 4. The van der Waals surface area contributed by atoms with Crippen LogP contribution in [0.25, 0.3) is 0 Å². The molecule has 0 aliphatic carbocycles. The minimum atomic E-state index is -3.72. The topological polar surface area (TPSA) is 75.7 Å². The molecule has 2 rings (SSSR count). The van der Waals surface area contributed by atoms with Gasteiger partial charge in [-0.3, -0.25) is 4.79 Å². The molecule has 0 unspecified atom stereocenters. The summed E-state index contributed by atoms with van der Waals surface area (Å²) in [7, 11) is -2.23. The van der Waals surface area contributed by atoms with Crippen molar-refractivity contribution in [2.24, 2.45) is 5.92 Å². The third-order valence-electron chi connectivity index (χ3n) is 4.21. The molecular formula is C21H27ClN2O4S. The van der Waals surface area contributed by atoms with Crippen molar-refractivity contribution < 1.29 is 17.9 Å². The molecule has 0 aliphatic heterocycles. The van der Waals surface area contributed by atoms with Gasteiger partial charge in [0.25, 0.3) is 5.91 Å². The van der Waals surface area contributed by atoms with Crippen LogP contribution in [0.4, 0.5) is 0 Å². The standard InChI is InChI=1S/C21H27ClN2O4S/c1-5-28-20-11-6-16(21(25)23-13-15(2)3)12-17(20)14-24(4)29(26,27)19-9-7-18(22)8-10-19/h6-12,15H,5,13-14H2,1-4H3,(H,23,25). The first-order valence-electron chi connectivity index (χ1n) is 9.41. The van der Waals surface area contributed by atoms with Crippen molar-refractivity contribution in [3.8, 4) is 5.75 Å². The number of ether oxygens (including phenoxy) is 1. The van der Waals surface area contributed by atoms with Gasteiger partial charge >= 0.3 is 0 Å². The summed E-state index contributed by atoms with van der Waals surface area (Å²) in [4.78, 5) is 12.6. The highest BCUT2D eigenvalue weighted by Crippen LogP contribution is 2.25. The number of sulfonamides is 1. The fourth-order valence-corrected chi connectivity index (χ4v) is 3.93. The van der Waals surface area contributed by atoms with Crippen LogP contribution in [0.3, 0.4) is 0 Å². The maximum absolute atomic E-state index is 12.9. The Hall–Kier alpha value is -2.09. The number of rotatable bonds is 9. The molecule has 0 atom stereocenters. The second-order valence-electron chi connectivity index (χ2n) is 7.07. The Bertz CT molecular complexity index is 944. The van der Waals surface area contributed by atoms with E-state index in [0.717, 1.165) is 0 Å². The second kappa shape index (κ2) is 10.1. The first-order valence-corrected chi connectivity index (χ1v) is 11.2. The summed E-state index contributed by atoms with van der Waals surface area (Å²) in [5.41, 5.74) is 1.07. The molecule has 0 aliphatic rings. The summed E-state index contributed by atoms with van der Waals surface area (Å²) in [5, 5.41) is 3.33. The number of carbonyl (C=O) groups is 1. The minimum Gasteiger partial charge on any atom is -0.494 e. The molecule has 0 saturated carbocycles. The van der Waals surface area contributed by atoms with Crippen LogP contribution < -0.4 is 10.1 Å². The molecule has 0 bridgehead atoms. The largest absolute Gasteiger partial charge is 0.494 e. The van der Waals surface area contributed by atoms with Crippen molar-refractivity contribution >= 4 is 27.5 Å². The fraction of sp³-hybridized carbons (Fsp3) is 0.381. The summed E-state index contributed by atoms with van der Waals surface area (Å²) >= 11 is 5.86. The Balaban J connectivity index is 2.29. The lowest BCUT2D eigenvalue weighted by molar-refractivity contribution is 0.0949. The van der Waals surface area contributed by atoms with Gasteiger partial charge in [0, 0.05) is 36.3 Å². The van der Waals surface area contributed by atoms with Crippen LogP contribution in [0, 0.1) is 5.92 Å². The van der Waals surface area contributed by atoms with Gasteiger partial charge in [-0.1, -0.05) is 25.4 Å². The lowest BCUT2D eigenvalue weighted by Crippen LogP contribution is -2.28. The van der Waals surface area contributed by atoms with E-state index in [9.17, 15) is 13.2 Å². The lowest BCUT2D eigenvalue weighted by Gasteiger charge is -2.20. The van der Waals surface area contributed by atoms with Crippen LogP contribution in [-0.4, -0.2) is 38.8 Å². The molecule has 1 N–H and O–H groups in total. The Morgan fingerprint density at radius 1 is 1.17 bits per heavy atom. The Morgan fingerprint density at radius 2 is 1.83 bits per heavy atom. The molecule has 158 valence electrons. The van der Waals surface area contributed by atoms with E-state index in [2.05, 4.69) is 5.32 Å². The van der Waals surface area contributed by atoms with Crippen molar-refractivity contribution in [3.63, 3.8) is 0 Å². The number of amides is 1. The molecule has 0 radical (unpaired) electrons. The molecule has 8 heteroatoms. The predicted molar refractivity (Wildman–Crippen MR) is 115 cm³/mol. The smallest absolute Gasteiger partial charge is 0.251 e. The molecule has 6 nitrogen and oxygen atoms in total. The third-order valence-corrected chi connectivity index (χ3v) is 6.28. The van der Waals surface area contributed by atoms with Crippen molar-refractivity contribution in [2.45, 2.75) is 32.2 Å². The van der Waals surface area contributed by atoms with E-state index in [1.165, 1.54) is 35.6 Å². The number of hydrogen-bond donors (Lipinski definition) is 1. The number of carbonyl (C=O) groups excluding carboxylic acids is 1. The number of nitrogens with one attached hydrogen (secondary N) is 1. The summed E-state index contributed by atoms with van der Waals surface area (Å²) in [6, 6.07) is 11.1. The van der Waals surface area contributed by atoms with E-state index >= 15 is 0 Å². The van der Waals surface area contributed by atoms with Crippen LogP contribution in [0.15, 0.2) is 47.4 Å². The van der Waals surface area contributed by atoms with E-state index in [-0.39, 0.29) is 17.3 Å². The van der Waals surface area contributed by atoms with Gasteiger partial charge in [0.15, 0.2) is 0 Å². The van der Waals surface area contributed by atoms with Crippen LogP contribution in [0.5, 0.6) is 5.75 Å². The van der Waals surface area contributed by atoms with Crippen LogP contribution in [0.1, 0.15) is 36.7 Å². The Labute approximate surface area is 177 Å². The van der Waals surface area contributed by atoms with Crippen LogP contribution >= 0.6 is 11.6 Å². The van der Waals surface area contributed by atoms with Crippen molar-refractivity contribution in [1.82, 2.24) is 9.62 Å². The van der Waals surface area contributed by atoms with Crippen molar-refractivity contribution in [3.05, 3.63) is 58.6 Å². The first kappa shape index (κ1) is 23.2. The number of nitrogens with zero attached hydrogens (tertiary/aromatic N) is 1.